The van der Waals surface area contributed by atoms with Crippen LogP contribution in [0, 0.1) is 0 Å². The van der Waals surface area contributed by atoms with E-state index < -0.39 is 25.9 Å². The molecule has 2 atom stereocenters. The Morgan fingerprint density at radius 1 is 1.37 bits per heavy atom. The molecule has 1 aromatic heterocycles. The van der Waals surface area contributed by atoms with Gasteiger partial charge in [0, 0.05) is 12.3 Å². The Kier molecular flexibility index (Phi) is 2.83. The number of fused-ring (bicyclic) bond motifs is 2. The third kappa shape index (κ3) is 1.94. The summed E-state index contributed by atoms with van der Waals surface area (Å²) in [6.07, 6.45) is 3.46. The van der Waals surface area contributed by atoms with Crippen LogP contribution in [-0.4, -0.2) is 36.1 Å². The lowest BCUT2D eigenvalue weighted by atomic mass is 9.86. The van der Waals surface area contributed by atoms with Crippen LogP contribution in [0.5, 0.6) is 5.88 Å². The summed E-state index contributed by atoms with van der Waals surface area (Å²) in [5, 5.41) is 10.0. The van der Waals surface area contributed by atoms with E-state index in [2.05, 4.69) is 4.98 Å². The van der Waals surface area contributed by atoms with Gasteiger partial charge in [0.15, 0.2) is 9.84 Å². The van der Waals surface area contributed by atoms with Gasteiger partial charge in [-0.2, -0.15) is 0 Å². The van der Waals surface area contributed by atoms with E-state index in [1.54, 1.807) is 18.3 Å². The maximum absolute atomic E-state index is 12.1. The van der Waals surface area contributed by atoms with E-state index in [4.69, 9.17) is 4.74 Å². The highest BCUT2D eigenvalue weighted by Gasteiger charge is 2.53. The first-order valence-electron chi connectivity index (χ1n) is 6.41. The van der Waals surface area contributed by atoms with Gasteiger partial charge in [0.25, 0.3) is 0 Å². The van der Waals surface area contributed by atoms with Crippen molar-refractivity contribution in [3.8, 4) is 5.88 Å². The molecule has 5 nitrogen and oxygen atoms in total. The highest BCUT2D eigenvalue weighted by atomic mass is 32.2. The molecule has 2 unspecified atom stereocenters. The molecule has 6 heteroatoms. The molecule has 19 heavy (non-hydrogen) atoms. The molecule has 0 saturated carbocycles. The van der Waals surface area contributed by atoms with Crippen molar-refractivity contribution in [3.05, 3.63) is 23.9 Å². The van der Waals surface area contributed by atoms with Gasteiger partial charge in [0.05, 0.1) is 23.2 Å². The summed E-state index contributed by atoms with van der Waals surface area (Å²) in [7, 11) is -1.51. The molecule has 0 spiro atoms. The number of rotatable bonds is 2. The highest BCUT2D eigenvalue weighted by Crippen LogP contribution is 2.47. The zero-order valence-corrected chi connectivity index (χ0v) is 11.6. The molecule has 0 aliphatic carbocycles. The molecule has 0 aromatic carbocycles. The molecule has 104 valence electrons. The molecule has 0 amide bonds. The van der Waals surface area contributed by atoms with Gasteiger partial charge in [-0.1, -0.05) is 0 Å². The van der Waals surface area contributed by atoms with Crippen LogP contribution in [0.3, 0.4) is 0 Å². The molecule has 0 radical (unpaired) electrons. The number of pyridine rings is 1. The summed E-state index contributed by atoms with van der Waals surface area (Å²) >= 11 is 0. The minimum Gasteiger partial charge on any atom is -0.481 e. The summed E-state index contributed by atoms with van der Waals surface area (Å²) in [5.74, 6) is 0.437. The molecule has 3 heterocycles. The average molecular weight is 283 g/mol. The Balaban J connectivity index is 1.97. The SMILES string of the molecule is COc1cc(C2(O)CC3CCC(C2)S3(=O)=O)ccn1. The van der Waals surface area contributed by atoms with Crippen LogP contribution in [-0.2, 0) is 15.4 Å². The summed E-state index contributed by atoms with van der Waals surface area (Å²) in [4.78, 5) is 4.01. The van der Waals surface area contributed by atoms with Gasteiger partial charge in [-0.3, -0.25) is 0 Å². The predicted molar refractivity (Wildman–Crippen MR) is 69.6 cm³/mol. The van der Waals surface area contributed by atoms with Crippen molar-refractivity contribution in [1.29, 1.82) is 0 Å². The van der Waals surface area contributed by atoms with E-state index in [-0.39, 0.29) is 12.8 Å². The minimum atomic E-state index is -3.03. The fourth-order valence-corrected chi connectivity index (χ4v) is 5.78. The summed E-state index contributed by atoms with van der Waals surface area (Å²) in [6.45, 7) is 0. The third-order valence-electron chi connectivity index (χ3n) is 4.35. The fourth-order valence-electron chi connectivity index (χ4n) is 3.29. The van der Waals surface area contributed by atoms with Crippen LogP contribution in [0.4, 0.5) is 0 Å². The zero-order chi connectivity index (χ0) is 13.7. The summed E-state index contributed by atoms with van der Waals surface area (Å²) < 4.78 is 29.2. The number of sulfone groups is 1. The molecule has 2 fully saturated rings. The molecule has 1 N–H and O–H groups in total. The van der Waals surface area contributed by atoms with Crippen molar-refractivity contribution in [3.63, 3.8) is 0 Å². The van der Waals surface area contributed by atoms with Gasteiger partial charge in [-0.25, -0.2) is 13.4 Å². The highest BCUT2D eigenvalue weighted by molar-refractivity contribution is 7.93. The van der Waals surface area contributed by atoms with Gasteiger partial charge in [-0.15, -0.1) is 0 Å². The number of aliphatic hydroxyl groups is 1. The lowest BCUT2D eigenvalue weighted by molar-refractivity contribution is 0.0170. The minimum absolute atomic E-state index is 0.277. The Morgan fingerprint density at radius 3 is 2.58 bits per heavy atom. The second-order valence-corrected chi connectivity index (χ2v) is 7.95. The van der Waals surface area contributed by atoms with E-state index >= 15 is 0 Å². The molecule has 2 aliphatic rings. The van der Waals surface area contributed by atoms with E-state index in [0.717, 1.165) is 0 Å². The number of aromatic nitrogens is 1. The quantitative estimate of drug-likeness (QED) is 0.877. The normalized spacial score (nSPS) is 36.1. The van der Waals surface area contributed by atoms with E-state index in [9.17, 15) is 13.5 Å². The predicted octanol–water partition coefficient (Wildman–Crippen LogP) is 1.02. The summed E-state index contributed by atoms with van der Waals surface area (Å²) in [6, 6.07) is 3.43. The fraction of sp³-hybridized carbons (Fsp3) is 0.615. The van der Waals surface area contributed by atoms with Crippen LogP contribution in [0.15, 0.2) is 18.3 Å². The average Bonchev–Trinajstić information content (AvgIpc) is 2.57. The van der Waals surface area contributed by atoms with Crippen molar-refractivity contribution in [2.45, 2.75) is 41.8 Å². The Bertz CT molecular complexity index is 578. The largest absolute Gasteiger partial charge is 0.481 e. The maximum Gasteiger partial charge on any atom is 0.213 e. The molecule has 1 aromatic rings. The Labute approximate surface area is 112 Å². The maximum atomic E-state index is 12.1. The first kappa shape index (κ1) is 12.9. The molecule has 2 bridgehead atoms. The van der Waals surface area contributed by atoms with E-state index in [0.29, 0.717) is 24.3 Å². The van der Waals surface area contributed by atoms with Crippen molar-refractivity contribution in [1.82, 2.24) is 4.98 Å². The van der Waals surface area contributed by atoms with Crippen molar-refractivity contribution in [2.75, 3.05) is 7.11 Å². The second-order valence-electron chi connectivity index (χ2n) is 5.44. The van der Waals surface area contributed by atoms with Crippen molar-refractivity contribution < 1.29 is 18.3 Å². The van der Waals surface area contributed by atoms with Crippen LogP contribution in [0.2, 0.25) is 0 Å². The molecule has 3 rings (SSSR count). The number of ether oxygens (including phenoxy) is 1. The van der Waals surface area contributed by atoms with Crippen LogP contribution >= 0.6 is 0 Å². The van der Waals surface area contributed by atoms with E-state index in [1.165, 1.54) is 7.11 Å². The first-order valence-corrected chi connectivity index (χ1v) is 8.02. The topological polar surface area (TPSA) is 76.5 Å². The van der Waals surface area contributed by atoms with Crippen LogP contribution in [0.1, 0.15) is 31.2 Å². The molecular weight excluding hydrogens is 266 g/mol. The second kappa shape index (κ2) is 4.18. The lowest BCUT2D eigenvalue weighted by Crippen LogP contribution is -2.43. The van der Waals surface area contributed by atoms with Gasteiger partial charge >= 0.3 is 0 Å². The Morgan fingerprint density at radius 2 is 2.00 bits per heavy atom. The monoisotopic (exact) mass is 283 g/mol. The third-order valence-corrected chi connectivity index (χ3v) is 7.02. The zero-order valence-electron chi connectivity index (χ0n) is 10.7. The molecular formula is C13H17NO4S. The van der Waals surface area contributed by atoms with Gasteiger partial charge in [0.2, 0.25) is 5.88 Å². The van der Waals surface area contributed by atoms with E-state index in [1.807, 2.05) is 0 Å². The molecule has 2 saturated heterocycles. The van der Waals surface area contributed by atoms with Crippen molar-refractivity contribution in [2.24, 2.45) is 0 Å². The van der Waals surface area contributed by atoms with Gasteiger partial charge in [0.1, 0.15) is 0 Å². The Hall–Kier alpha value is -1.14. The van der Waals surface area contributed by atoms with Gasteiger partial charge in [-0.05, 0) is 37.3 Å². The number of methoxy groups -OCH3 is 1. The van der Waals surface area contributed by atoms with Crippen LogP contribution < -0.4 is 4.74 Å². The summed E-state index contributed by atoms with van der Waals surface area (Å²) in [5.41, 5.74) is -0.376. The van der Waals surface area contributed by atoms with Crippen LogP contribution in [0.25, 0.3) is 0 Å². The lowest BCUT2D eigenvalue weighted by Gasteiger charge is -2.36. The smallest absolute Gasteiger partial charge is 0.213 e. The molecule has 2 aliphatic heterocycles. The number of nitrogens with zero attached hydrogens (tertiary/aromatic N) is 1. The number of hydrogen-bond donors (Lipinski definition) is 1. The van der Waals surface area contributed by atoms with Crippen molar-refractivity contribution >= 4 is 9.84 Å². The first-order chi connectivity index (χ1) is 8.95. The number of hydrogen-bond acceptors (Lipinski definition) is 5. The van der Waals surface area contributed by atoms with Gasteiger partial charge < -0.3 is 9.84 Å². The standard InChI is InChI=1S/C13H17NO4S/c1-18-12-6-9(4-5-14-12)13(15)7-10-2-3-11(8-13)19(10,16)17/h4-6,10-11,15H,2-3,7-8H2,1H3.